The van der Waals surface area contributed by atoms with Crippen molar-refractivity contribution in [3.63, 3.8) is 0 Å². The number of carbonyl (C=O) groups excluding carboxylic acids is 1. The lowest BCUT2D eigenvalue weighted by atomic mass is 10.0. The molecule has 0 spiro atoms. The number of aromatic nitrogens is 1. The van der Waals surface area contributed by atoms with E-state index < -0.39 is 0 Å². The third-order valence-electron chi connectivity index (χ3n) is 4.36. The topological polar surface area (TPSA) is 75.1 Å². The largest absolute Gasteiger partial charge is 0.451 e. The predicted octanol–water partition coefficient (Wildman–Crippen LogP) is 4.48. The lowest BCUT2D eigenvalue weighted by molar-refractivity contribution is 0.0998. The maximum absolute atomic E-state index is 12.5. The molecule has 0 atom stereocenters. The highest BCUT2D eigenvalue weighted by molar-refractivity contribution is 6.05. The molecule has 0 bridgehead atoms. The second-order valence-corrected chi connectivity index (χ2v) is 6.27. The molecule has 0 aliphatic rings. The quantitative estimate of drug-likeness (QED) is 0.572. The standard InChI is InChI=1S/C21H18N2O3/c1-2-5-13-11-20(24)23-17-12-15(8-9-16(13)17)22-21(25)19-10-14-6-3-4-7-18(14)26-19/h3-4,6-12H,2,5H2,1H3,(H,22,25)(H,23,24). The van der Waals surface area contributed by atoms with E-state index >= 15 is 0 Å². The number of anilines is 1. The van der Waals surface area contributed by atoms with Crippen molar-refractivity contribution < 1.29 is 9.21 Å². The Kier molecular flexibility index (Phi) is 4.05. The molecule has 0 aliphatic heterocycles. The normalized spacial score (nSPS) is 11.1. The van der Waals surface area contributed by atoms with E-state index in [2.05, 4.69) is 17.2 Å². The van der Waals surface area contributed by atoms with Crippen molar-refractivity contribution in [2.24, 2.45) is 0 Å². The number of hydrogen-bond acceptors (Lipinski definition) is 3. The molecule has 26 heavy (non-hydrogen) atoms. The molecule has 2 aromatic carbocycles. The first-order valence-corrected chi connectivity index (χ1v) is 8.60. The average molecular weight is 346 g/mol. The Morgan fingerprint density at radius 2 is 1.96 bits per heavy atom. The zero-order valence-corrected chi connectivity index (χ0v) is 14.3. The number of fused-ring (bicyclic) bond motifs is 2. The fraction of sp³-hybridized carbons (Fsp3) is 0.143. The maximum Gasteiger partial charge on any atom is 0.291 e. The van der Waals surface area contributed by atoms with Crippen LogP contribution in [-0.2, 0) is 6.42 Å². The van der Waals surface area contributed by atoms with Gasteiger partial charge in [-0.25, -0.2) is 0 Å². The van der Waals surface area contributed by atoms with Crippen molar-refractivity contribution in [2.45, 2.75) is 19.8 Å². The number of furan rings is 1. The number of aryl methyl sites for hydroxylation is 1. The lowest BCUT2D eigenvalue weighted by Gasteiger charge is -2.08. The number of H-pyrrole nitrogens is 1. The molecule has 0 saturated carbocycles. The first kappa shape index (κ1) is 16.1. The molecule has 0 unspecified atom stereocenters. The molecular weight excluding hydrogens is 328 g/mol. The summed E-state index contributed by atoms with van der Waals surface area (Å²) in [6, 6.07) is 16.4. The van der Waals surface area contributed by atoms with E-state index in [0.29, 0.717) is 16.8 Å². The number of rotatable bonds is 4. The van der Waals surface area contributed by atoms with Gasteiger partial charge in [0, 0.05) is 22.5 Å². The van der Waals surface area contributed by atoms with Crippen LogP contribution in [0.4, 0.5) is 5.69 Å². The van der Waals surface area contributed by atoms with Crippen LogP contribution >= 0.6 is 0 Å². The molecular formula is C21H18N2O3. The minimum Gasteiger partial charge on any atom is -0.451 e. The van der Waals surface area contributed by atoms with Crippen LogP contribution in [0.1, 0.15) is 29.5 Å². The SMILES string of the molecule is CCCc1cc(=O)[nH]c2cc(NC(=O)c3cc4ccccc4o3)ccc12. The third-order valence-corrected chi connectivity index (χ3v) is 4.36. The smallest absolute Gasteiger partial charge is 0.291 e. The van der Waals surface area contributed by atoms with Crippen molar-refractivity contribution in [2.75, 3.05) is 5.32 Å². The lowest BCUT2D eigenvalue weighted by Crippen LogP contribution is -2.11. The van der Waals surface area contributed by atoms with Crippen LogP contribution in [0.2, 0.25) is 0 Å². The first-order chi connectivity index (χ1) is 12.6. The third kappa shape index (κ3) is 2.99. The molecule has 5 heteroatoms. The summed E-state index contributed by atoms with van der Waals surface area (Å²) < 4.78 is 5.59. The highest BCUT2D eigenvalue weighted by Gasteiger charge is 2.13. The molecule has 1 amide bonds. The van der Waals surface area contributed by atoms with Gasteiger partial charge in [-0.3, -0.25) is 9.59 Å². The number of amides is 1. The summed E-state index contributed by atoms with van der Waals surface area (Å²) in [6.07, 6.45) is 1.80. The molecule has 4 rings (SSSR count). The van der Waals surface area contributed by atoms with Crippen molar-refractivity contribution in [1.29, 1.82) is 0 Å². The van der Waals surface area contributed by atoms with Gasteiger partial charge in [0.25, 0.3) is 5.91 Å². The zero-order valence-electron chi connectivity index (χ0n) is 14.3. The van der Waals surface area contributed by atoms with Crippen LogP contribution in [0.3, 0.4) is 0 Å². The number of benzene rings is 2. The second kappa shape index (κ2) is 6.52. The molecule has 130 valence electrons. The van der Waals surface area contributed by atoms with Crippen molar-refractivity contribution in [3.05, 3.63) is 76.3 Å². The summed E-state index contributed by atoms with van der Waals surface area (Å²) >= 11 is 0. The van der Waals surface area contributed by atoms with Crippen LogP contribution in [0.15, 0.2) is 63.8 Å². The highest BCUT2D eigenvalue weighted by Crippen LogP contribution is 2.23. The van der Waals surface area contributed by atoms with Gasteiger partial charge in [-0.15, -0.1) is 0 Å². The Labute approximate surface area is 149 Å². The van der Waals surface area contributed by atoms with Gasteiger partial charge in [0.15, 0.2) is 5.76 Å². The van der Waals surface area contributed by atoms with E-state index in [1.54, 1.807) is 18.2 Å². The Bertz CT molecular complexity index is 1140. The van der Waals surface area contributed by atoms with E-state index in [0.717, 1.165) is 29.2 Å². The Balaban J connectivity index is 1.66. The molecule has 0 aliphatic carbocycles. The molecule has 5 nitrogen and oxygen atoms in total. The van der Waals surface area contributed by atoms with E-state index in [4.69, 9.17) is 4.42 Å². The summed E-state index contributed by atoms with van der Waals surface area (Å²) in [6.45, 7) is 2.08. The zero-order chi connectivity index (χ0) is 18.1. The minimum atomic E-state index is -0.326. The van der Waals surface area contributed by atoms with Crippen molar-refractivity contribution in [3.8, 4) is 0 Å². The number of carbonyl (C=O) groups is 1. The monoisotopic (exact) mass is 346 g/mol. The molecule has 0 saturated heterocycles. The van der Waals surface area contributed by atoms with E-state index in [1.807, 2.05) is 36.4 Å². The van der Waals surface area contributed by atoms with Gasteiger partial charge in [0.2, 0.25) is 5.56 Å². The highest BCUT2D eigenvalue weighted by atomic mass is 16.3. The van der Waals surface area contributed by atoms with Gasteiger partial charge in [-0.2, -0.15) is 0 Å². The molecule has 4 aromatic rings. The molecule has 2 aromatic heterocycles. The van der Waals surface area contributed by atoms with Crippen LogP contribution in [0.5, 0.6) is 0 Å². The summed E-state index contributed by atoms with van der Waals surface area (Å²) in [5, 5.41) is 4.70. The minimum absolute atomic E-state index is 0.137. The summed E-state index contributed by atoms with van der Waals surface area (Å²) in [7, 11) is 0. The number of nitrogens with one attached hydrogen (secondary N) is 2. The summed E-state index contributed by atoms with van der Waals surface area (Å²) in [5.74, 6) is -0.0767. The molecule has 2 heterocycles. The molecule has 2 N–H and O–H groups in total. The number of aromatic amines is 1. The Morgan fingerprint density at radius 3 is 2.77 bits per heavy atom. The van der Waals surface area contributed by atoms with Gasteiger partial charge in [0.1, 0.15) is 5.58 Å². The van der Waals surface area contributed by atoms with Crippen LogP contribution in [0, 0.1) is 0 Å². The van der Waals surface area contributed by atoms with E-state index in [-0.39, 0.29) is 17.2 Å². The van der Waals surface area contributed by atoms with Crippen molar-refractivity contribution in [1.82, 2.24) is 4.98 Å². The van der Waals surface area contributed by atoms with E-state index in [1.165, 1.54) is 0 Å². The molecule has 0 radical (unpaired) electrons. The van der Waals surface area contributed by atoms with Gasteiger partial charge < -0.3 is 14.7 Å². The summed E-state index contributed by atoms with van der Waals surface area (Å²) in [4.78, 5) is 27.2. The van der Waals surface area contributed by atoms with Crippen LogP contribution < -0.4 is 10.9 Å². The second-order valence-electron chi connectivity index (χ2n) is 6.27. The Hall–Kier alpha value is -3.34. The predicted molar refractivity (Wildman–Crippen MR) is 103 cm³/mol. The maximum atomic E-state index is 12.5. The summed E-state index contributed by atoms with van der Waals surface area (Å²) in [5.41, 5.74) is 2.86. The van der Waals surface area contributed by atoms with Gasteiger partial charge in [-0.1, -0.05) is 37.6 Å². The van der Waals surface area contributed by atoms with E-state index in [9.17, 15) is 9.59 Å². The number of para-hydroxylation sites is 1. The molecule has 0 fully saturated rings. The fourth-order valence-corrected chi connectivity index (χ4v) is 3.17. The van der Waals surface area contributed by atoms with Crippen LogP contribution in [-0.4, -0.2) is 10.9 Å². The number of pyridine rings is 1. The van der Waals surface area contributed by atoms with Gasteiger partial charge >= 0.3 is 0 Å². The fourth-order valence-electron chi connectivity index (χ4n) is 3.17. The van der Waals surface area contributed by atoms with Gasteiger partial charge in [0.05, 0.1) is 5.52 Å². The average Bonchev–Trinajstić information content (AvgIpc) is 3.06. The van der Waals surface area contributed by atoms with Crippen molar-refractivity contribution >= 4 is 33.5 Å². The van der Waals surface area contributed by atoms with Crippen LogP contribution in [0.25, 0.3) is 21.9 Å². The Morgan fingerprint density at radius 1 is 1.12 bits per heavy atom. The first-order valence-electron chi connectivity index (χ1n) is 8.60. The van der Waals surface area contributed by atoms with Gasteiger partial charge in [-0.05, 0) is 36.2 Å². The number of hydrogen-bond donors (Lipinski definition) is 2.